The van der Waals surface area contributed by atoms with E-state index in [0.29, 0.717) is 0 Å². The molecule has 21 heavy (non-hydrogen) atoms. The van der Waals surface area contributed by atoms with Crippen molar-refractivity contribution in [2.45, 2.75) is 26.3 Å². The zero-order valence-corrected chi connectivity index (χ0v) is 12.7. The van der Waals surface area contributed by atoms with Crippen LogP contribution in [0.25, 0.3) is 10.9 Å². The molecule has 0 amide bonds. The highest BCUT2D eigenvalue weighted by atomic mass is 16.5. The van der Waals surface area contributed by atoms with Gasteiger partial charge in [-0.05, 0) is 36.6 Å². The van der Waals surface area contributed by atoms with Gasteiger partial charge in [-0.2, -0.15) is 0 Å². The largest absolute Gasteiger partial charge is 0.494 e. The van der Waals surface area contributed by atoms with E-state index in [1.165, 1.54) is 22.2 Å². The molecule has 0 atom stereocenters. The van der Waals surface area contributed by atoms with Crippen LogP contribution in [0.5, 0.6) is 5.75 Å². The molecular weight excluding hydrogens is 262 g/mol. The Labute approximate surface area is 125 Å². The number of likely N-dealkylation sites (N-methyl/N-ethyl adjacent to an activating group) is 1. The number of nitrogens with zero attached hydrogens (tertiary/aromatic N) is 3. The number of benzene rings is 1. The minimum absolute atomic E-state index is 0.782. The van der Waals surface area contributed by atoms with Crippen LogP contribution in [-0.2, 0) is 13.0 Å². The van der Waals surface area contributed by atoms with Crippen molar-refractivity contribution in [3.8, 4) is 5.75 Å². The van der Waals surface area contributed by atoms with Crippen LogP contribution in [0.3, 0.4) is 0 Å². The third-order valence-corrected chi connectivity index (χ3v) is 4.47. The third-order valence-electron chi connectivity index (χ3n) is 4.47. The van der Waals surface area contributed by atoms with E-state index in [-0.39, 0.29) is 0 Å². The minimum atomic E-state index is 0.782. The summed E-state index contributed by atoms with van der Waals surface area (Å²) < 4.78 is 8.25. The summed E-state index contributed by atoms with van der Waals surface area (Å²) in [4.78, 5) is 7.02. The molecule has 4 heteroatoms. The average molecular weight is 283 g/mol. The lowest BCUT2D eigenvalue weighted by molar-refractivity contribution is 0.318. The Bertz CT molecular complexity index is 729. The van der Waals surface area contributed by atoms with Gasteiger partial charge in [0.1, 0.15) is 11.6 Å². The van der Waals surface area contributed by atoms with Gasteiger partial charge < -0.3 is 14.2 Å². The first-order valence-corrected chi connectivity index (χ1v) is 7.83. The van der Waals surface area contributed by atoms with Crippen molar-refractivity contribution in [3.63, 3.8) is 0 Å². The zero-order chi connectivity index (χ0) is 14.4. The molecule has 0 N–H and O–H groups in total. The lowest BCUT2D eigenvalue weighted by atomic mass is 10.0. The summed E-state index contributed by atoms with van der Waals surface area (Å²) in [7, 11) is 2.14. The van der Waals surface area contributed by atoms with E-state index in [1.54, 1.807) is 0 Å². The molecule has 0 aliphatic carbocycles. The predicted molar refractivity (Wildman–Crippen MR) is 85.5 cm³/mol. The van der Waals surface area contributed by atoms with E-state index in [0.717, 1.165) is 50.7 Å². The lowest BCUT2D eigenvalue weighted by Crippen LogP contribution is -2.39. The molecule has 2 aliphatic heterocycles. The van der Waals surface area contributed by atoms with Gasteiger partial charge in [0.2, 0.25) is 0 Å². The molecule has 0 fully saturated rings. The fourth-order valence-corrected chi connectivity index (χ4v) is 3.46. The molecule has 4 nitrogen and oxygen atoms in total. The van der Waals surface area contributed by atoms with Crippen molar-refractivity contribution in [2.75, 3.05) is 26.7 Å². The molecule has 0 spiro atoms. The summed E-state index contributed by atoms with van der Waals surface area (Å²) in [6.07, 6.45) is 2.08. The molecule has 2 aliphatic rings. The molecule has 0 radical (unpaired) electrons. The molecule has 1 aromatic heterocycles. The standard InChI is InChI=1S/C17H21N3O/c1-3-10-21-12-4-5-15-14(11-12)13-6-7-18-17-16(13)20(15)9-8-19(17)2/h4-5,11H,3,6-10H2,1-2H3. The van der Waals surface area contributed by atoms with Crippen LogP contribution >= 0.6 is 0 Å². The van der Waals surface area contributed by atoms with Crippen molar-refractivity contribution in [1.82, 2.24) is 9.47 Å². The van der Waals surface area contributed by atoms with E-state index in [9.17, 15) is 0 Å². The van der Waals surface area contributed by atoms with Crippen molar-refractivity contribution in [1.29, 1.82) is 0 Å². The maximum Gasteiger partial charge on any atom is 0.148 e. The van der Waals surface area contributed by atoms with Gasteiger partial charge >= 0.3 is 0 Å². The molecule has 0 saturated carbocycles. The molecule has 1 aromatic carbocycles. The summed E-state index contributed by atoms with van der Waals surface area (Å²) >= 11 is 0. The number of hydrogen-bond donors (Lipinski definition) is 0. The van der Waals surface area contributed by atoms with E-state index in [1.807, 2.05) is 0 Å². The Morgan fingerprint density at radius 3 is 3.05 bits per heavy atom. The van der Waals surface area contributed by atoms with E-state index < -0.39 is 0 Å². The summed E-state index contributed by atoms with van der Waals surface area (Å²) in [6, 6.07) is 6.53. The SMILES string of the molecule is CCCOc1ccc2c(c1)c1c3n2CCN(C)C3=NCC1. The Hall–Kier alpha value is -1.97. The van der Waals surface area contributed by atoms with Gasteiger partial charge in [0.05, 0.1) is 12.3 Å². The van der Waals surface area contributed by atoms with Crippen molar-refractivity contribution in [2.24, 2.45) is 4.99 Å². The van der Waals surface area contributed by atoms with Gasteiger partial charge in [-0.1, -0.05) is 6.92 Å². The van der Waals surface area contributed by atoms with Crippen molar-refractivity contribution >= 4 is 16.7 Å². The second-order valence-electron chi connectivity index (χ2n) is 5.88. The highest BCUT2D eigenvalue weighted by molar-refractivity contribution is 6.06. The Morgan fingerprint density at radius 1 is 1.29 bits per heavy atom. The number of amidine groups is 1. The van der Waals surface area contributed by atoms with Gasteiger partial charge in [-0.25, -0.2) is 0 Å². The van der Waals surface area contributed by atoms with Crippen molar-refractivity contribution in [3.05, 3.63) is 29.5 Å². The Morgan fingerprint density at radius 2 is 2.19 bits per heavy atom. The van der Waals surface area contributed by atoms with E-state index in [2.05, 4.69) is 41.6 Å². The molecule has 4 rings (SSSR count). The number of aliphatic imine (C=N–C) groups is 1. The van der Waals surface area contributed by atoms with Gasteiger partial charge in [0.15, 0.2) is 0 Å². The monoisotopic (exact) mass is 283 g/mol. The first-order valence-electron chi connectivity index (χ1n) is 7.83. The van der Waals surface area contributed by atoms with Crippen LogP contribution in [0.4, 0.5) is 0 Å². The van der Waals surface area contributed by atoms with Crippen LogP contribution in [0.15, 0.2) is 23.2 Å². The van der Waals surface area contributed by atoms with Crippen LogP contribution in [0, 0.1) is 0 Å². The van der Waals surface area contributed by atoms with Gasteiger partial charge in [0.25, 0.3) is 0 Å². The first kappa shape index (κ1) is 12.7. The lowest BCUT2D eigenvalue weighted by Gasteiger charge is -2.31. The predicted octanol–water partition coefficient (Wildman–Crippen LogP) is 2.68. The second-order valence-corrected chi connectivity index (χ2v) is 5.88. The fraction of sp³-hybridized carbons (Fsp3) is 0.471. The van der Waals surface area contributed by atoms with Crippen LogP contribution < -0.4 is 4.74 Å². The highest BCUT2D eigenvalue weighted by Gasteiger charge is 2.29. The summed E-state index contributed by atoms with van der Waals surface area (Å²) in [5, 5.41) is 1.35. The second kappa shape index (κ2) is 4.79. The van der Waals surface area contributed by atoms with Gasteiger partial charge in [-0.3, -0.25) is 4.99 Å². The smallest absolute Gasteiger partial charge is 0.148 e. The minimum Gasteiger partial charge on any atom is -0.494 e. The van der Waals surface area contributed by atoms with E-state index >= 15 is 0 Å². The number of hydrogen-bond acceptors (Lipinski definition) is 3. The van der Waals surface area contributed by atoms with Gasteiger partial charge in [0, 0.05) is 37.6 Å². The number of ether oxygens (including phenoxy) is 1. The summed E-state index contributed by atoms with van der Waals surface area (Å²) in [5.41, 5.74) is 4.10. The molecule has 0 bridgehead atoms. The van der Waals surface area contributed by atoms with Crippen LogP contribution in [0.2, 0.25) is 0 Å². The molecule has 3 heterocycles. The molecule has 110 valence electrons. The Balaban J connectivity index is 1.90. The molecular formula is C17H21N3O. The van der Waals surface area contributed by atoms with Crippen LogP contribution in [-0.4, -0.2) is 42.0 Å². The Kier molecular flexibility index (Phi) is 2.91. The molecule has 0 saturated heterocycles. The molecule has 0 unspecified atom stereocenters. The normalized spacial score (nSPS) is 16.9. The maximum atomic E-state index is 5.81. The highest BCUT2D eigenvalue weighted by Crippen LogP contribution is 2.34. The van der Waals surface area contributed by atoms with Crippen LogP contribution in [0.1, 0.15) is 24.6 Å². The summed E-state index contributed by atoms with van der Waals surface area (Å²) in [6.45, 7) is 5.88. The average Bonchev–Trinajstić information content (AvgIpc) is 2.84. The maximum absolute atomic E-state index is 5.81. The topological polar surface area (TPSA) is 29.8 Å². The number of rotatable bonds is 3. The fourth-order valence-electron chi connectivity index (χ4n) is 3.46. The number of aromatic nitrogens is 1. The quantitative estimate of drug-likeness (QED) is 0.867. The first-order chi connectivity index (χ1) is 10.3. The summed E-state index contributed by atoms with van der Waals surface area (Å²) in [5.74, 6) is 2.15. The third kappa shape index (κ3) is 1.85. The van der Waals surface area contributed by atoms with Gasteiger partial charge in [-0.15, -0.1) is 0 Å². The molecule has 2 aromatic rings. The number of fused-ring (bicyclic) bond motifs is 3. The zero-order valence-electron chi connectivity index (χ0n) is 12.7. The van der Waals surface area contributed by atoms with E-state index in [4.69, 9.17) is 9.73 Å². The van der Waals surface area contributed by atoms with Crippen molar-refractivity contribution < 1.29 is 4.74 Å².